The van der Waals surface area contributed by atoms with Crippen LogP contribution in [-0.2, 0) is 16.6 Å². The Balaban J connectivity index is 2.31. The van der Waals surface area contributed by atoms with E-state index in [9.17, 15) is 12.8 Å². The van der Waals surface area contributed by atoms with Crippen molar-refractivity contribution in [2.24, 2.45) is 11.7 Å². The van der Waals surface area contributed by atoms with Crippen LogP contribution in [0, 0.1) is 18.7 Å². The van der Waals surface area contributed by atoms with E-state index in [1.807, 2.05) is 0 Å². The van der Waals surface area contributed by atoms with E-state index in [0.29, 0.717) is 18.0 Å². The Hall–Kier alpha value is -0.980. The fourth-order valence-corrected chi connectivity index (χ4v) is 4.44. The van der Waals surface area contributed by atoms with Gasteiger partial charge in [-0.2, -0.15) is 0 Å². The van der Waals surface area contributed by atoms with Crippen LogP contribution in [-0.4, -0.2) is 26.3 Å². The van der Waals surface area contributed by atoms with Crippen molar-refractivity contribution in [3.05, 3.63) is 29.1 Å². The first-order valence-electron chi connectivity index (χ1n) is 7.31. The lowest BCUT2D eigenvalue weighted by atomic mass is 10.1. The van der Waals surface area contributed by atoms with E-state index >= 15 is 0 Å². The maximum atomic E-state index is 13.9. The van der Waals surface area contributed by atoms with E-state index in [2.05, 4.69) is 0 Å². The zero-order valence-electron chi connectivity index (χ0n) is 12.6. The average molecular weight is 314 g/mol. The molecule has 1 aromatic rings. The summed E-state index contributed by atoms with van der Waals surface area (Å²) in [6.07, 6.45) is 4.45. The molecule has 0 radical (unpaired) electrons. The Morgan fingerprint density at radius 3 is 2.52 bits per heavy atom. The minimum absolute atomic E-state index is 0.0310. The fourth-order valence-electron chi connectivity index (χ4n) is 2.92. The van der Waals surface area contributed by atoms with Crippen LogP contribution in [0.1, 0.15) is 36.8 Å². The van der Waals surface area contributed by atoms with Crippen LogP contribution in [0.25, 0.3) is 0 Å². The minimum atomic E-state index is -3.67. The minimum Gasteiger partial charge on any atom is -0.326 e. The normalized spacial score (nSPS) is 16.8. The van der Waals surface area contributed by atoms with Gasteiger partial charge in [0, 0.05) is 25.7 Å². The number of hydrogen-bond donors (Lipinski definition) is 1. The summed E-state index contributed by atoms with van der Waals surface area (Å²) in [5, 5.41) is 0. The molecule has 1 saturated carbocycles. The van der Waals surface area contributed by atoms with Crippen molar-refractivity contribution in [3.8, 4) is 0 Å². The highest BCUT2D eigenvalue weighted by molar-refractivity contribution is 7.89. The van der Waals surface area contributed by atoms with Gasteiger partial charge in [-0.25, -0.2) is 17.1 Å². The smallest absolute Gasteiger partial charge is 0.243 e. The van der Waals surface area contributed by atoms with Gasteiger partial charge in [0.05, 0.1) is 4.90 Å². The Bertz CT molecular complexity index is 610. The molecule has 1 aliphatic rings. The molecule has 2 N–H and O–H groups in total. The first-order valence-corrected chi connectivity index (χ1v) is 8.75. The lowest BCUT2D eigenvalue weighted by molar-refractivity contribution is 0.387. The summed E-state index contributed by atoms with van der Waals surface area (Å²) in [4.78, 5) is 0.0310. The molecule has 0 amide bonds. The molecule has 4 nitrogen and oxygen atoms in total. The Labute approximate surface area is 126 Å². The van der Waals surface area contributed by atoms with E-state index in [1.54, 1.807) is 7.05 Å². The molecule has 0 unspecified atom stereocenters. The number of nitrogens with two attached hydrogens (primary N) is 1. The molecule has 0 spiro atoms. The Morgan fingerprint density at radius 2 is 1.95 bits per heavy atom. The number of hydrogen-bond acceptors (Lipinski definition) is 3. The zero-order chi connectivity index (χ0) is 15.6. The van der Waals surface area contributed by atoms with Crippen molar-refractivity contribution < 1.29 is 12.8 Å². The summed E-state index contributed by atoms with van der Waals surface area (Å²) in [5.41, 5.74) is 6.16. The molecule has 1 aliphatic carbocycles. The van der Waals surface area contributed by atoms with E-state index in [0.717, 1.165) is 25.7 Å². The van der Waals surface area contributed by atoms with Crippen molar-refractivity contribution in [2.75, 3.05) is 13.6 Å². The summed E-state index contributed by atoms with van der Waals surface area (Å²) in [5.74, 6) is -0.113. The maximum absolute atomic E-state index is 13.9. The first-order chi connectivity index (χ1) is 9.86. The van der Waals surface area contributed by atoms with Gasteiger partial charge in [0.1, 0.15) is 5.82 Å². The van der Waals surface area contributed by atoms with Crippen LogP contribution in [0.4, 0.5) is 4.39 Å². The lowest BCUT2D eigenvalue weighted by Crippen LogP contribution is -2.32. The van der Waals surface area contributed by atoms with E-state index in [4.69, 9.17) is 5.73 Å². The summed E-state index contributed by atoms with van der Waals surface area (Å²) in [7, 11) is -2.10. The van der Waals surface area contributed by atoms with Crippen LogP contribution >= 0.6 is 0 Å². The summed E-state index contributed by atoms with van der Waals surface area (Å²) >= 11 is 0. The van der Waals surface area contributed by atoms with Crippen molar-refractivity contribution in [2.45, 2.75) is 44.0 Å². The van der Waals surface area contributed by atoms with Crippen LogP contribution < -0.4 is 5.73 Å². The van der Waals surface area contributed by atoms with Crippen molar-refractivity contribution in [1.29, 1.82) is 0 Å². The molecule has 2 rings (SSSR count). The molecule has 21 heavy (non-hydrogen) atoms. The highest BCUT2D eigenvalue weighted by Crippen LogP contribution is 2.28. The predicted octanol–water partition coefficient (Wildman–Crippen LogP) is 2.40. The van der Waals surface area contributed by atoms with Gasteiger partial charge in [-0.15, -0.1) is 0 Å². The van der Waals surface area contributed by atoms with Crippen LogP contribution in [0.2, 0.25) is 0 Å². The molecule has 1 aromatic carbocycles. The van der Waals surface area contributed by atoms with E-state index in [-0.39, 0.29) is 17.0 Å². The van der Waals surface area contributed by atoms with Gasteiger partial charge in [0.15, 0.2) is 0 Å². The summed E-state index contributed by atoms with van der Waals surface area (Å²) < 4.78 is 40.6. The molecule has 0 aliphatic heterocycles. The first kappa shape index (κ1) is 16.4. The maximum Gasteiger partial charge on any atom is 0.243 e. The second kappa shape index (κ2) is 6.42. The van der Waals surface area contributed by atoms with Gasteiger partial charge >= 0.3 is 0 Å². The quantitative estimate of drug-likeness (QED) is 0.907. The lowest BCUT2D eigenvalue weighted by Gasteiger charge is -2.22. The molecule has 118 valence electrons. The molecule has 0 bridgehead atoms. The SMILES string of the molecule is Cc1c(F)cc(CN)cc1S(=O)(=O)N(C)CC1CCCC1. The summed E-state index contributed by atoms with van der Waals surface area (Å²) in [6.45, 7) is 2.11. The second-order valence-electron chi connectivity index (χ2n) is 5.84. The molecule has 0 heterocycles. The molecular weight excluding hydrogens is 291 g/mol. The number of benzene rings is 1. The summed E-state index contributed by atoms with van der Waals surface area (Å²) in [6, 6.07) is 2.78. The van der Waals surface area contributed by atoms with Gasteiger partial charge in [-0.05, 0) is 43.4 Å². The molecular formula is C15H23FN2O2S. The van der Waals surface area contributed by atoms with Gasteiger partial charge in [-0.3, -0.25) is 0 Å². The average Bonchev–Trinajstić information content (AvgIpc) is 2.94. The number of sulfonamides is 1. The van der Waals surface area contributed by atoms with Gasteiger partial charge in [-0.1, -0.05) is 12.8 Å². The fraction of sp³-hybridized carbons (Fsp3) is 0.600. The van der Waals surface area contributed by atoms with Gasteiger partial charge in [0.2, 0.25) is 10.0 Å². The monoisotopic (exact) mass is 314 g/mol. The topological polar surface area (TPSA) is 63.4 Å². The highest BCUT2D eigenvalue weighted by atomic mass is 32.2. The van der Waals surface area contributed by atoms with Crippen LogP contribution in [0.5, 0.6) is 0 Å². The Kier molecular flexibility index (Phi) is 5.01. The van der Waals surface area contributed by atoms with Gasteiger partial charge < -0.3 is 5.73 Å². The third-order valence-corrected chi connectivity index (χ3v) is 6.22. The molecule has 0 atom stereocenters. The second-order valence-corrected chi connectivity index (χ2v) is 7.85. The standard InChI is InChI=1S/C15H23FN2O2S/c1-11-14(16)7-13(9-17)8-15(11)21(19,20)18(2)10-12-5-3-4-6-12/h7-8,12H,3-6,9-10,17H2,1-2H3. The van der Waals surface area contributed by atoms with Crippen molar-refractivity contribution in [3.63, 3.8) is 0 Å². The van der Waals surface area contributed by atoms with Crippen molar-refractivity contribution >= 4 is 10.0 Å². The highest BCUT2D eigenvalue weighted by Gasteiger charge is 2.28. The van der Waals surface area contributed by atoms with E-state index < -0.39 is 15.8 Å². The Morgan fingerprint density at radius 1 is 1.33 bits per heavy atom. The van der Waals surface area contributed by atoms with Crippen LogP contribution in [0.15, 0.2) is 17.0 Å². The third-order valence-electron chi connectivity index (χ3n) is 4.27. The van der Waals surface area contributed by atoms with E-state index in [1.165, 1.54) is 23.4 Å². The molecule has 1 fully saturated rings. The molecule has 0 saturated heterocycles. The third kappa shape index (κ3) is 3.44. The molecule has 0 aromatic heterocycles. The predicted molar refractivity (Wildman–Crippen MR) is 80.8 cm³/mol. The zero-order valence-corrected chi connectivity index (χ0v) is 13.4. The number of nitrogens with zero attached hydrogens (tertiary/aromatic N) is 1. The van der Waals surface area contributed by atoms with Crippen molar-refractivity contribution in [1.82, 2.24) is 4.31 Å². The number of rotatable bonds is 5. The van der Waals surface area contributed by atoms with Crippen LogP contribution in [0.3, 0.4) is 0 Å². The molecule has 6 heteroatoms. The number of halogens is 1. The largest absolute Gasteiger partial charge is 0.326 e. The van der Waals surface area contributed by atoms with Gasteiger partial charge in [0.25, 0.3) is 0 Å².